The van der Waals surface area contributed by atoms with Gasteiger partial charge in [0.25, 0.3) is 5.56 Å². The first kappa shape index (κ1) is 15.3. The van der Waals surface area contributed by atoms with Crippen molar-refractivity contribution in [2.24, 2.45) is 0 Å². The summed E-state index contributed by atoms with van der Waals surface area (Å²) in [6.07, 6.45) is 1.59. The molecule has 1 aliphatic heterocycles. The molecule has 1 aromatic carbocycles. The van der Waals surface area contributed by atoms with Crippen LogP contribution in [-0.4, -0.2) is 40.8 Å². The second-order valence-electron chi connectivity index (χ2n) is 5.92. The molecule has 3 aromatic rings. The van der Waals surface area contributed by atoms with Crippen molar-refractivity contribution in [3.63, 3.8) is 0 Å². The number of thiazole rings is 1. The van der Waals surface area contributed by atoms with Crippen LogP contribution in [0.5, 0.6) is 0 Å². The Morgan fingerprint density at radius 2 is 2.12 bits per heavy atom. The zero-order valence-corrected chi connectivity index (χ0v) is 14.3. The Balaban J connectivity index is 1.68. The van der Waals surface area contributed by atoms with Gasteiger partial charge in [0, 0.05) is 13.1 Å². The quantitative estimate of drug-likeness (QED) is 0.729. The van der Waals surface area contributed by atoms with Crippen molar-refractivity contribution >= 4 is 26.8 Å². The summed E-state index contributed by atoms with van der Waals surface area (Å²) in [5, 5.41) is 0.853. The number of aromatic nitrogens is 3. The molecular weight excluding hydrogens is 324 g/mol. The Morgan fingerprint density at radius 1 is 1.29 bits per heavy atom. The molecule has 24 heavy (non-hydrogen) atoms. The number of hydrogen-bond donors (Lipinski definition) is 0. The fourth-order valence-corrected chi connectivity index (χ4v) is 3.87. The van der Waals surface area contributed by atoms with E-state index < -0.39 is 0 Å². The van der Waals surface area contributed by atoms with Crippen LogP contribution >= 0.6 is 11.3 Å². The number of fused-ring (bicyclic) bond motifs is 1. The third kappa shape index (κ3) is 2.92. The molecule has 0 spiro atoms. The molecule has 6 nitrogen and oxygen atoms in total. The van der Waals surface area contributed by atoms with Gasteiger partial charge in [-0.2, -0.15) is 4.98 Å². The van der Waals surface area contributed by atoms with Crippen molar-refractivity contribution in [2.45, 2.75) is 13.5 Å². The summed E-state index contributed by atoms with van der Waals surface area (Å²) in [7, 11) is 0. The molecule has 124 valence electrons. The zero-order chi connectivity index (χ0) is 16.5. The van der Waals surface area contributed by atoms with Crippen LogP contribution in [0.2, 0.25) is 0 Å². The van der Waals surface area contributed by atoms with E-state index in [9.17, 15) is 4.79 Å². The lowest BCUT2D eigenvalue weighted by molar-refractivity contribution is 0.122. The first-order valence-electron chi connectivity index (χ1n) is 7.95. The maximum absolute atomic E-state index is 12.8. The van der Waals surface area contributed by atoms with Crippen molar-refractivity contribution in [1.82, 2.24) is 14.5 Å². The maximum Gasteiger partial charge on any atom is 0.273 e. The van der Waals surface area contributed by atoms with Crippen molar-refractivity contribution in [3.05, 3.63) is 52.1 Å². The lowest BCUT2D eigenvalue weighted by Crippen LogP contribution is -2.36. The average Bonchev–Trinajstić information content (AvgIpc) is 3.03. The summed E-state index contributed by atoms with van der Waals surface area (Å²) < 4.78 is 7.64. The molecule has 0 saturated carbocycles. The fourth-order valence-electron chi connectivity index (χ4n) is 2.84. The van der Waals surface area contributed by atoms with E-state index in [2.05, 4.69) is 20.9 Å². The van der Waals surface area contributed by atoms with Gasteiger partial charge >= 0.3 is 0 Å². The van der Waals surface area contributed by atoms with Gasteiger partial charge in [0.2, 0.25) is 0 Å². The minimum Gasteiger partial charge on any atom is -0.378 e. The van der Waals surface area contributed by atoms with Crippen molar-refractivity contribution in [1.29, 1.82) is 0 Å². The second-order valence-corrected chi connectivity index (χ2v) is 6.89. The van der Waals surface area contributed by atoms with Gasteiger partial charge in [-0.15, -0.1) is 0 Å². The summed E-state index contributed by atoms with van der Waals surface area (Å²) in [6.45, 7) is 5.57. The van der Waals surface area contributed by atoms with Crippen molar-refractivity contribution < 1.29 is 4.74 Å². The van der Waals surface area contributed by atoms with E-state index in [-0.39, 0.29) is 5.56 Å². The third-order valence-corrected chi connectivity index (χ3v) is 5.18. The van der Waals surface area contributed by atoms with Gasteiger partial charge in [0.15, 0.2) is 10.8 Å². The Kier molecular flexibility index (Phi) is 4.03. The van der Waals surface area contributed by atoms with Crippen LogP contribution in [0.15, 0.2) is 35.4 Å². The van der Waals surface area contributed by atoms with E-state index in [0.717, 1.165) is 23.8 Å². The predicted octanol–water partition coefficient (Wildman–Crippen LogP) is 2.05. The number of nitrogens with zero attached hydrogens (tertiary/aromatic N) is 4. The number of morpholine rings is 1. The zero-order valence-electron chi connectivity index (χ0n) is 13.4. The molecule has 4 rings (SSSR count). The lowest BCUT2D eigenvalue weighted by Gasteiger charge is -2.25. The average molecular weight is 342 g/mol. The molecule has 0 radical (unpaired) electrons. The van der Waals surface area contributed by atoms with Crippen LogP contribution in [0.1, 0.15) is 11.1 Å². The summed E-state index contributed by atoms with van der Waals surface area (Å²) >= 11 is 1.42. The highest BCUT2D eigenvalue weighted by Gasteiger charge is 2.18. The monoisotopic (exact) mass is 342 g/mol. The van der Waals surface area contributed by atoms with Gasteiger partial charge in [0.05, 0.1) is 19.8 Å². The number of rotatable bonds is 3. The summed E-state index contributed by atoms with van der Waals surface area (Å²) in [4.78, 5) is 23.8. The standard InChI is InChI=1S/C17H18N4O2S/c1-12-3-2-4-13(9-12)10-21-11-18-15-14(16(21)22)24-17(19-15)20-5-7-23-8-6-20/h2-4,9,11H,5-8,10H2,1H3. The van der Waals surface area contributed by atoms with Gasteiger partial charge < -0.3 is 9.64 Å². The summed E-state index contributed by atoms with van der Waals surface area (Å²) in [6, 6.07) is 8.16. The molecule has 1 aliphatic rings. The molecule has 0 N–H and O–H groups in total. The van der Waals surface area contributed by atoms with Crippen LogP contribution in [-0.2, 0) is 11.3 Å². The molecule has 2 aromatic heterocycles. The van der Waals surface area contributed by atoms with Gasteiger partial charge in [-0.05, 0) is 12.5 Å². The van der Waals surface area contributed by atoms with Crippen LogP contribution < -0.4 is 10.5 Å². The minimum absolute atomic E-state index is 0.0292. The topological polar surface area (TPSA) is 60.3 Å². The molecule has 0 aliphatic carbocycles. The Morgan fingerprint density at radius 3 is 2.92 bits per heavy atom. The highest BCUT2D eigenvalue weighted by Crippen LogP contribution is 2.25. The highest BCUT2D eigenvalue weighted by atomic mass is 32.1. The molecule has 1 saturated heterocycles. The summed E-state index contributed by atoms with van der Waals surface area (Å²) in [5.74, 6) is 0. The molecule has 1 fully saturated rings. The van der Waals surface area contributed by atoms with E-state index >= 15 is 0 Å². The van der Waals surface area contributed by atoms with Crippen LogP contribution in [0.3, 0.4) is 0 Å². The van der Waals surface area contributed by atoms with Gasteiger partial charge in [0.1, 0.15) is 11.0 Å². The number of hydrogen-bond acceptors (Lipinski definition) is 6. The third-order valence-electron chi connectivity index (χ3n) is 4.09. The van der Waals surface area contributed by atoms with Gasteiger partial charge in [-0.1, -0.05) is 41.2 Å². The molecular formula is C17H18N4O2S. The SMILES string of the molecule is Cc1cccc(Cn2cnc3nc(N4CCOCC4)sc3c2=O)c1. The number of anilines is 1. The number of aryl methyl sites for hydroxylation is 1. The highest BCUT2D eigenvalue weighted by molar-refractivity contribution is 7.22. The molecule has 0 unspecified atom stereocenters. The Hall–Kier alpha value is -2.25. The smallest absolute Gasteiger partial charge is 0.273 e. The van der Waals surface area contributed by atoms with Crippen molar-refractivity contribution in [2.75, 3.05) is 31.2 Å². The van der Waals surface area contributed by atoms with Gasteiger partial charge in [-0.25, -0.2) is 4.98 Å². The number of ether oxygens (including phenoxy) is 1. The fraction of sp³-hybridized carbons (Fsp3) is 0.353. The molecule has 0 bridgehead atoms. The van der Waals surface area contributed by atoms with Crippen LogP contribution in [0.25, 0.3) is 10.3 Å². The minimum atomic E-state index is -0.0292. The first-order valence-corrected chi connectivity index (χ1v) is 8.76. The molecule has 0 amide bonds. The molecule has 7 heteroatoms. The van der Waals surface area contributed by atoms with E-state index in [4.69, 9.17) is 4.74 Å². The normalized spacial score (nSPS) is 15.1. The predicted molar refractivity (Wildman–Crippen MR) is 95.0 cm³/mol. The van der Waals surface area contributed by atoms with E-state index in [1.807, 2.05) is 25.1 Å². The van der Waals surface area contributed by atoms with E-state index in [1.165, 1.54) is 16.9 Å². The van der Waals surface area contributed by atoms with Crippen LogP contribution in [0.4, 0.5) is 5.13 Å². The first-order chi connectivity index (χ1) is 11.7. The van der Waals surface area contributed by atoms with E-state index in [1.54, 1.807) is 10.9 Å². The van der Waals surface area contributed by atoms with Crippen LogP contribution in [0, 0.1) is 6.92 Å². The lowest BCUT2D eigenvalue weighted by atomic mass is 10.1. The van der Waals surface area contributed by atoms with E-state index in [0.29, 0.717) is 30.1 Å². The largest absolute Gasteiger partial charge is 0.378 e. The maximum atomic E-state index is 12.8. The van der Waals surface area contributed by atoms with Crippen molar-refractivity contribution in [3.8, 4) is 0 Å². The molecule has 3 heterocycles. The Bertz CT molecular complexity index is 928. The van der Waals surface area contributed by atoms with Gasteiger partial charge in [-0.3, -0.25) is 9.36 Å². The second kappa shape index (κ2) is 6.33. The number of benzene rings is 1. The molecule has 0 atom stereocenters. The Labute approximate surface area is 143 Å². The summed E-state index contributed by atoms with van der Waals surface area (Å²) in [5.41, 5.74) is 2.78.